The summed E-state index contributed by atoms with van der Waals surface area (Å²) in [4.78, 5) is 20.4. The lowest BCUT2D eigenvalue weighted by Gasteiger charge is -2.20. The van der Waals surface area contributed by atoms with Crippen molar-refractivity contribution < 1.29 is 24.5 Å². The minimum absolute atomic E-state index is 0.849. The van der Waals surface area contributed by atoms with Gasteiger partial charge in [0.05, 0.1) is 7.11 Å². The van der Waals surface area contributed by atoms with Gasteiger partial charge in [-0.2, -0.15) is 0 Å². The van der Waals surface area contributed by atoms with Crippen molar-refractivity contribution in [2.45, 2.75) is 6.54 Å². The van der Waals surface area contributed by atoms with Crippen molar-refractivity contribution in [3.05, 3.63) is 55.1 Å². The van der Waals surface area contributed by atoms with Crippen LogP contribution in [0.5, 0.6) is 5.75 Å². The van der Waals surface area contributed by atoms with Gasteiger partial charge in [0.15, 0.2) is 0 Å². The number of para-hydroxylation sites is 1. The quantitative estimate of drug-likeness (QED) is 0.592. The van der Waals surface area contributed by atoms with Gasteiger partial charge in [-0.15, -0.1) is 13.2 Å². The van der Waals surface area contributed by atoms with Gasteiger partial charge in [0.2, 0.25) is 0 Å². The summed E-state index contributed by atoms with van der Waals surface area (Å²) < 4.78 is 5.32. The Morgan fingerprint density at radius 2 is 1.64 bits per heavy atom. The SMILES string of the molecule is C=CCN(CC=C)Cc1ccccc1OC.O=C(O)C(=O)O. The van der Waals surface area contributed by atoms with Gasteiger partial charge in [0.1, 0.15) is 5.75 Å². The van der Waals surface area contributed by atoms with Crippen molar-refractivity contribution in [2.24, 2.45) is 0 Å². The summed E-state index contributed by atoms with van der Waals surface area (Å²) in [6.45, 7) is 10.1. The zero-order valence-corrected chi connectivity index (χ0v) is 12.6. The number of ether oxygens (including phenoxy) is 1. The van der Waals surface area contributed by atoms with Crippen LogP contribution in [0.1, 0.15) is 5.56 Å². The summed E-state index contributed by atoms with van der Waals surface area (Å²) in [6, 6.07) is 8.07. The van der Waals surface area contributed by atoms with Gasteiger partial charge in [-0.05, 0) is 6.07 Å². The third-order valence-corrected chi connectivity index (χ3v) is 2.54. The third-order valence-electron chi connectivity index (χ3n) is 2.54. The molecule has 0 saturated heterocycles. The molecule has 0 fully saturated rings. The Morgan fingerprint density at radius 1 is 1.14 bits per heavy atom. The maximum absolute atomic E-state index is 9.10. The number of hydrogen-bond acceptors (Lipinski definition) is 4. The highest BCUT2D eigenvalue weighted by atomic mass is 16.5. The first kappa shape index (κ1) is 19.4. The third kappa shape index (κ3) is 7.86. The van der Waals surface area contributed by atoms with Crippen molar-refractivity contribution in [3.8, 4) is 5.75 Å². The number of aliphatic carboxylic acids is 2. The average molecular weight is 307 g/mol. The summed E-state index contributed by atoms with van der Waals surface area (Å²) >= 11 is 0. The van der Waals surface area contributed by atoms with E-state index in [9.17, 15) is 0 Å². The first-order valence-electron chi connectivity index (χ1n) is 6.48. The molecule has 0 aliphatic heterocycles. The van der Waals surface area contributed by atoms with Crippen LogP contribution in [0.2, 0.25) is 0 Å². The van der Waals surface area contributed by atoms with Crippen LogP contribution in [-0.2, 0) is 16.1 Å². The minimum Gasteiger partial charge on any atom is -0.496 e. The second-order valence-electron chi connectivity index (χ2n) is 4.19. The van der Waals surface area contributed by atoms with E-state index in [0.717, 1.165) is 25.4 Å². The van der Waals surface area contributed by atoms with E-state index >= 15 is 0 Å². The number of rotatable bonds is 7. The van der Waals surface area contributed by atoms with E-state index in [4.69, 9.17) is 24.5 Å². The number of carboxylic acids is 2. The zero-order chi connectivity index (χ0) is 17.0. The van der Waals surface area contributed by atoms with E-state index in [1.807, 2.05) is 30.4 Å². The summed E-state index contributed by atoms with van der Waals surface area (Å²) in [6.07, 6.45) is 3.80. The summed E-state index contributed by atoms with van der Waals surface area (Å²) in [5.41, 5.74) is 1.19. The monoisotopic (exact) mass is 307 g/mol. The van der Waals surface area contributed by atoms with E-state index in [-0.39, 0.29) is 0 Å². The molecule has 6 heteroatoms. The van der Waals surface area contributed by atoms with Crippen LogP contribution in [0, 0.1) is 0 Å². The number of hydrogen-bond donors (Lipinski definition) is 2. The molecule has 1 rings (SSSR count). The van der Waals surface area contributed by atoms with Crippen LogP contribution in [0.25, 0.3) is 0 Å². The fourth-order valence-corrected chi connectivity index (χ4v) is 1.64. The number of methoxy groups -OCH3 is 1. The van der Waals surface area contributed by atoms with Gasteiger partial charge in [-0.3, -0.25) is 4.90 Å². The molecule has 0 amide bonds. The summed E-state index contributed by atoms with van der Waals surface area (Å²) in [7, 11) is 1.70. The van der Waals surface area contributed by atoms with Gasteiger partial charge in [-0.1, -0.05) is 30.4 Å². The molecule has 1 aromatic rings. The Morgan fingerprint density at radius 3 is 2.05 bits per heavy atom. The molecular weight excluding hydrogens is 286 g/mol. The predicted molar refractivity (Wildman–Crippen MR) is 83.9 cm³/mol. The first-order valence-corrected chi connectivity index (χ1v) is 6.48. The van der Waals surface area contributed by atoms with Crippen LogP contribution in [0.3, 0.4) is 0 Å². The zero-order valence-electron chi connectivity index (χ0n) is 12.6. The summed E-state index contributed by atoms with van der Waals surface area (Å²) in [5, 5.41) is 14.8. The van der Waals surface area contributed by atoms with Crippen molar-refractivity contribution in [1.82, 2.24) is 4.90 Å². The molecule has 120 valence electrons. The largest absolute Gasteiger partial charge is 0.496 e. The molecule has 0 heterocycles. The fourth-order valence-electron chi connectivity index (χ4n) is 1.64. The van der Waals surface area contributed by atoms with Gasteiger partial charge in [0.25, 0.3) is 0 Å². The molecular formula is C16H21NO5. The van der Waals surface area contributed by atoms with Crippen LogP contribution >= 0.6 is 0 Å². The molecule has 0 spiro atoms. The molecule has 0 unspecified atom stereocenters. The van der Waals surface area contributed by atoms with Gasteiger partial charge in [0, 0.05) is 25.2 Å². The van der Waals surface area contributed by atoms with Crippen molar-refractivity contribution in [3.63, 3.8) is 0 Å². The molecule has 0 aliphatic carbocycles. The van der Waals surface area contributed by atoms with Gasteiger partial charge >= 0.3 is 11.9 Å². The Hall–Kier alpha value is -2.60. The normalized spacial score (nSPS) is 9.36. The van der Waals surface area contributed by atoms with Gasteiger partial charge in [-0.25, -0.2) is 9.59 Å². The number of nitrogens with zero attached hydrogens (tertiary/aromatic N) is 1. The first-order chi connectivity index (χ1) is 10.5. The number of carbonyl (C=O) groups is 2. The Balaban J connectivity index is 0.000000626. The van der Waals surface area contributed by atoms with Gasteiger partial charge < -0.3 is 14.9 Å². The standard InChI is InChI=1S/C14H19NO.C2H2O4/c1-4-10-15(11-5-2)12-13-8-6-7-9-14(13)16-3;3-1(4)2(5)6/h4-9H,1-2,10-12H2,3H3;(H,3,4)(H,5,6). The van der Waals surface area contributed by atoms with E-state index in [1.165, 1.54) is 5.56 Å². The molecule has 0 atom stereocenters. The lowest BCUT2D eigenvalue weighted by atomic mass is 10.2. The van der Waals surface area contributed by atoms with E-state index in [2.05, 4.69) is 24.1 Å². The lowest BCUT2D eigenvalue weighted by molar-refractivity contribution is -0.159. The predicted octanol–water partition coefficient (Wildman–Crippen LogP) is 2.02. The Labute approximate surface area is 129 Å². The van der Waals surface area contributed by atoms with E-state index in [1.54, 1.807) is 7.11 Å². The van der Waals surface area contributed by atoms with E-state index < -0.39 is 11.9 Å². The molecule has 6 nitrogen and oxygen atoms in total. The molecule has 0 aromatic heterocycles. The molecule has 0 aliphatic rings. The van der Waals surface area contributed by atoms with Crippen LogP contribution in [0.15, 0.2) is 49.6 Å². The van der Waals surface area contributed by atoms with Crippen molar-refractivity contribution >= 4 is 11.9 Å². The highest BCUT2D eigenvalue weighted by Crippen LogP contribution is 2.19. The maximum Gasteiger partial charge on any atom is 0.414 e. The Bertz CT molecular complexity index is 491. The highest BCUT2D eigenvalue weighted by Gasteiger charge is 2.06. The second kappa shape index (κ2) is 11.1. The van der Waals surface area contributed by atoms with Crippen molar-refractivity contribution in [2.75, 3.05) is 20.2 Å². The molecule has 0 bridgehead atoms. The Kier molecular flexibility index (Phi) is 9.79. The highest BCUT2D eigenvalue weighted by molar-refractivity contribution is 6.27. The molecule has 22 heavy (non-hydrogen) atoms. The molecule has 1 aromatic carbocycles. The minimum atomic E-state index is -1.82. The number of carboxylic acid groups (broad SMARTS) is 2. The average Bonchev–Trinajstić information content (AvgIpc) is 2.49. The van der Waals surface area contributed by atoms with Crippen LogP contribution < -0.4 is 4.74 Å². The summed E-state index contributed by atoms with van der Waals surface area (Å²) in [5.74, 6) is -2.72. The van der Waals surface area contributed by atoms with E-state index in [0.29, 0.717) is 0 Å². The lowest BCUT2D eigenvalue weighted by Crippen LogP contribution is -2.23. The van der Waals surface area contributed by atoms with Crippen molar-refractivity contribution in [1.29, 1.82) is 0 Å². The van der Waals surface area contributed by atoms with Crippen LogP contribution in [-0.4, -0.2) is 47.3 Å². The molecule has 0 saturated carbocycles. The van der Waals surface area contributed by atoms with Crippen LogP contribution in [0.4, 0.5) is 0 Å². The number of benzene rings is 1. The maximum atomic E-state index is 9.10. The molecule has 0 radical (unpaired) electrons. The fraction of sp³-hybridized carbons (Fsp3) is 0.250. The second-order valence-corrected chi connectivity index (χ2v) is 4.19. The smallest absolute Gasteiger partial charge is 0.414 e. The topological polar surface area (TPSA) is 87.1 Å². The molecule has 2 N–H and O–H groups in total.